The van der Waals surface area contributed by atoms with E-state index in [1.807, 2.05) is 24.3 Å². The summed E-state index contributed by atoms with van der Waals surface area (Å²) in [6.45, 7) is 5.63. The first-order valence-corrected chi connectivity index (χ1v) is 7.11. The fourth-order valence-corrected chi connectivity index (χ4v) is 2.36. The molecule has 1 aliphatic rings. The number of rotatable bonds is 7. The van der Waals surface area contributed by atoms with Gasteiger partial charge in [0.15, 0.2) is 0 Å². The van der Waals surface area contributed by atoms with Crippen molar-refractivity contribution in [2.45, 2.75) is 31.8 Å². The highest BCUT2D eigenvalue weighted by atomic mass is 35.5. The molecular weight excluding hydrogens is 288 g/mol. The Morgan fingerprint density at radius 3 is 3.00 bits per heavy atom. The number of carbonyl (C=O) groups excluding carboxylic acids is 1. The van der Waals surface area contributed by atoms with E-state index in [1.165, 1.54) is 0 Å². The zero-order valence-electron chi connectivity index (χ0n) is 12.1. The van der Waals surface area contributed by atoms with Gasteiger partial charge in [0.1, 0.15) is 12.4 Å². The summed E-state index contributed by atoms with van der Waals surface area (Å²) < 4.78 is 5.57. The van der Waals surface area contributed by atoms with Crippen molar-refractivity contribution in [2.24, 2.45) is 0 Å². The van der Waals surface area contributed by atoms with E-state index in [0.29, 0.717) is 25.6 Å². The van der Waals surface area contributed by atoms with Crippen molar-refractivity contribution in [3.63, 3.8) is 0 Å². The third-order valence-electron chi connectivity index (χ3n) is 3.40. The molecule has 0 bridgehead atoms. The second-order valence-electron chi connectivity index (χ2n) is 4.98. The third-order valence-corrected chi connectivity index (χ3v) is 3.40. The Labute approximate surface area is 132 Å². The van der Waals surface area contributed by atoms with Crippen LogP contribution in [0.5, 0.6) is 5.75 Å². The van der Waals surface area contributed by atoms with E-state index in [2.05, 4.69) is 17.2 Å². The number of ether oxygens (including phenoxy) is 1. The molecule has 116 valence electrons. The van der Waals surface area contributed by atoms with Crippen LogP contribution >= 0.6 is 12.4 Å². The first-order chi connectivity index (χ1) is 9.79. The van der Waals surface area contributed by atoms with Crippen molar-refractivity contribution >= 4 is 18.3 Å². The van der Waals surface area contributed by atoms with Crippen LogP contribution in [0.1, 0.15) is 24.8 Å². The van der Waals surface area contributed by atoms with Crippen LogP contribution in [0.3, 0.4) is 0 Å². The highest BCUT2D eigenvalue weighted by Crippen LogP contribution is 2.17. The van der Waals surface area contributed by atoms with E-state index in [1.54, 1.807) is 6.08 Å². The predicted octanol–water partition coefficient (Wildman–Crippen LogP) is 2.43. The van der Waals surface area contributed by atoms with E-state index in [0.717, 1.165) is 30.7 Å². The average Bonchev–Trinajstić information content (AvgIpc) is 2.96. The van der Waals surface area contributed by atoms with Crippen LogP contribution in [0.25, 0.3) is 0 Å². The van der Waals surface area contributed by atoms with Crippen molar-refractivity contribution in [2.75, 3.05) is 13.2 Å². The lowest BCUT2D eigenvalue weighted by atomic mass is 10.1. The van der Waals surface area contributed by atoms with Gasteiger partial charge in [-0.25, -0.2) is 0 Å². The molecule has 2 rings (SSSR count). The van der Waals surface area contributed by atoms with Gasteiger partial charge in [0.05, 0.1) is 0 Å². The Morgan fingerprint density at radius 2 is 2.29 bits per heavy atom. The fourth-order valence-electron chi connectivity index (χ4n) is 2.36. The maximum absolute atomic E-state index is 11.9. The predicted molar refractivity (Wildman–Crippen MR) is 86.9 cm³/mol. The largest absolute Gasteiger partial charge is 0.489 e. The molecule has 0 radical (unpaired) electrons. The molecule has 1 amide bonds. The van der Waals surface area contributed by atoms with E-state index in [4.69, 9.17) is 4.74 Å². The Morgan fingerprint density at radius 1 is 1.48 bits per heavy atom. The molecule has 21 heavy (non-hydrogen) atoms. The number of carbonyl (C=O) groups is 1. The lowest BCUT2D eigenvalue weighted by Crippen LogP contribution is -2.31. The van der Waals surface area contributed by atoms with Crippen LogP contribution in [-0.4, -0.2) is 25.1 Å². The Balaban J connectivity index is 0.00000220. The minimum Gasteiger partial charge on any atom is -0.489 e. The summed E-state index contributed by atoms with van der Waals surface area (Å²) >= 11 is 0. The standard InChI is InChI=1S/C16H22N2O2.ClH/c1-2-10-20-15-8-4-3-6-13(15)12-18-16(19)11-14-7-5-9-17-14;/h2-4,6,8,14,17H,1,5,7,9-12H2,(H,18,19);1H. The van der Waals surface area contributed by atoms with Crippen LogP contribution in [0, 0.1) is 0 Å². The van der Waals surface area contributed by atoms with Crippen LogP contribution < -0.4 is 15.4 Å². The molecule has 4 nitrogen and oxygen atoms in total. The molecule has 1 aliphatic heterocycles. The molecule has 1 aromatic carbocycles. The van der Waals surface area contributed by atoms with Gasteiger partial charge >= 0.3 is 0 Å². The second-order valence-corrected chi connectivity index (χ2v) is 4.98. The summed E-state index contributed by atoms with van der Waals surface area (Å²) in [7, 11) is 0. The van der Waals surface area contributed by atoms with Gasteiger partial charge in [-0.2, -0.15) is 0 Å². The van der Waals surface area contributed by atoms with Gasteiger partial charge in [-0.15, -0.1) is 12.4 Å². The third kappa shape index (κ3) is 5.78. The van der Waals surface area contributed by atoms with E-state index >= 15 is 0 Å². The molecule has 2 N–H and O–H groups in total. The van der Waals surface area contributed by atoms with Crippen LogP contribution in [0.4, 0.5) is 0 Å². The SMILES string of the molecule is C=CCOc1ccccc1CNC(=O)CC1CCCN1.Cl. The zero-order chi connectivity index (χ0) is 14.2. The van der Waals surface area contributed by atoms with Crippen molar-refractivity contribution in [1.29, 1.82) is 0 Å². The first-order valence-electron chi connectivity index (χ1n) is 7.11. The number of para-hydroxylation sites is 1. The molecule has 1 unspecified atom stereocenters. The lowest BCUT2D eigenvalue weighted by molar-refractivity contribution is -0.121. The van der Waals surface area contributed by atoms with Crippen molar-refractivity contribution in [3.05, 3.63) is 42.5 Å². The quantitative estimate of drug-likeness (QED) is 0.761. The Kier molecular flexibility index (Phi) is 7.87. The molecule has 0 aromatic heterocycles. The molecule has 0 aliphatic carbocycles. The van der Waals surface area contributed by atoms with Gasteiger partial charge < -0.3 is 15.4 Å². The van der Waals surface area contributed by atoms with Gasteiger partial charge in [0.25, 0.3) is 0 Å². The number of halogens is 1. The van der Waals surface area contributed by atoms with Crippen LogP contribution in [0.15, 0.2) is 36.9 Å². The minimum absolute atomic E-state index is 0. The topological polar surface area (TPSA) is 50.4 Å². The van der Waals surface area contributed by atoms with Crippen molar-refractivity contribution in [3.8, 4) is 5.75 Å². The van der Waals surface area contributed by atoms with E-state index in [-0.39, 0.29) is 18.3 Å². The molecule has 0 saturated carbocycles. The highest BCUT2D eigenvalue weighted by Gasteiger charge is 2.17. The number of nitrogens with one attached hydrogen (secondary N) is 2. The molecular formula is C16H23ClN2O2. The maximum Gasteiger partial charge on any atom is 0.221 e. The van der Waals surface area contributed by atoms with Crippen molar-refractivity contribution in [1.82, 2.24) is 10.6 Å². The average molecular weight is 311 g/mol. The maximum atomic E-state index is 11.9. The van der Waals surface area contributed by atoms with Crippen LogP contribution in [0.2, 0.25) is 0 Å². The summed E-state index contributed by atoms with van der Waals surface area (Å²) in [6, 6.07) is 8.07. The second kappa shape index (κ2) is 9.42. The molecule has 5 heteroatoms. The van der Waals surface area contributed by atoms with Gasteiger partial charge in [0, 0.05) is 24.6 Å². The van der Waals surface area contributed by atoms with Crippen LogP contribution in [-0.2, 0) is 11.3 Å². The molecule has 0 spiro atoms. The molecule has 1 atom stereocenters. The molecule has 1 aromatic rings. The zero-order valence-corrected chi connectivity index (χ0v) is 13.0. The molecule has 1 heterocycles. The van der Waals surface area contributed by atoms with E-state index in [9.17, 15) is 4.79 Å². The molecule has 1 saturated heterocycles. The number of hydrogen-bond donors (Lipinski definition) is 2. The van der Waals surface area contributed by atoms with Gasteiger partial charge in [-0.1, -0.05) is 30.9 Å². The number of hydrogen-bond acceptors (Lipinski definition) is 3. The first kappa shape index (κ1) is 17.5. The normalized spacial score (nSPS) is 16.9. The monoisotopic (exact) mass is 310 g/mol. The summed E-state index contributed by atoms with van der Waals surface area (Å²) in [5.74, 6) is 0.884. The number of benzene rings is 1. The van der Waals surface area contributed by atoms with Crippen molar-refractivity contribution < 1.29 is 9.53 Å². The summed E-state index contributed by atoms with van der Waals surface area (Å²) in [5, 5.41) is 6.29. The molecule has 1 fully saturated rings. The summed E-state index contributed by atoms with van der Waals surface area (Å²) in [6.07, 6.45) is 4.51. The lowest BCUT2D eigenvalue weighted by Gasteiger charge is -2.13. The number of amides is 1. The van der Waals surface area contributed by atoms with Gasteiger partial charge in [-0.3, -0.25) is 4.79 Å². The fraction of sp³-hybridized carbons (Fsp3) is 0.438. The Bertz CT molecular complexity index is 459. The minimum atomic E-state index is 0. The van der Waals surface area contributed by atoms with Gasteiger partial charge in [0.2, 0.25) is 5.91 Å². The Hall–Kier alpha value is -1.52. The smallest absolute Gasteiger partial charge is 0.221 e. The summed E-state index contributed by atoms with van der Waals surface area (Å²) in [4.78, 5) is 11.9. The van der Waals surface area contributed by atoms with Gasteiger partial charge in [-0.05, 0) is 25.5 Å². The highest BCUT2D eigenvalue weighted by molar-refractivity contribution is 5.85. The van der Waals surface area contributed by atoms with E-state index < -0.39 is 0 Å². The summed E-state index contributed by atoms with van der Waals surface area (Å²) in [5.41, 5.74) is 0.988.